The number of carboxylic acids is 1. The van der Waals surface area contributed by atoms with E-state index in [1.165, 1.54) is 11.0 Å². The highest BCUT2D eigenvalue weighted by Gasteiger charge is 2.14. The molecule has 7 nitrogen and oxygen atoms in total. The van der Waals surface area contributed by atoms with Crippen LogP contribution in [0.5, 0.6) is 0 Å². The molecule has 0 radical (unpaired) electrons. The molecule has 0 saturated carbocycles. The zero-order valence-electron chi connectivity index (χ0n) is 6.67. The molecule has 2 heterocycles. The van der Waals surface area contributed by atoms with Gasteiger partial charge in [0.05, 0.1) is 0 Å². The molecule has 0 aliphatic carbocycles. The third-order valence-electron chi connectivity index (χ3n) is 1.59. The molecule has 2 rings (SSSR count). The van der Waals surface area contributed by atoms with Crippen LogP contribution in [-0.4, -0.2) is 36.0 Å². The second-order valence-electron chi connectivity index (χ2n) is 2.41. The number of rotatable bonds is 1. The highest BCUT2D eigenvalue weighted by Crippen LogP contribution is 2.09. The summed E-state index contributed by atoms with van der Waals surface area (Å²) in [5, 5.41) is 16.0. The van der Waals surface area contributed by atoms with Crippen LogP contribution in [0.25, 0.3) is 11.2 Å². The lowest BCUT2D eigenvalue weighted by atomic mass is 10.3. The Bertz CT molecular complexity index is 477. The van der Waals surface area contributed by atoms with Crippen LogP contribution in [0.1, 0.15) is 10.5 Å². The second-order valence-corrected chi connectivity index (χ2v) is 2.41. The molecule has 0 unspecified atom stereocenters. The first-order valence-corrected chi connectivity index (χ1v) is 3.44. The molecule has 0 aliphatic heterocycles. The van der Waals surface area contributed by atoms with Crippen molar-refractivity contribution in [2.75, 3.05) is 0 Å². The van der Waals surface area contributed by atoms with Gasteiger partial charge in [-0.25, -0.2) is 19.4 Å². The molecule has 1 N–H and O–H groups in total. The number of aromatic carboxylic acids is 1. The number of nitrogens with zero attached hydrogens (tertiary/aromatic N) is 5. The Hall–Kier alpha value is -2.05. The van der Waals surface area contributed by atoms with Crippen LogP contribution < -0.4 is 0 Å². The van der Waals surface area contributed by atoms with E-state index in [9.17, 15) is 4.79 Å². The molecule has 13 heavy (non-hydrogen) atoms. The summed E-state index contributed by atoms with van der Waals surface area (Å²) in [5.74, 6) is -1.13. The van der Waals surface area contributed by atoms with E-state index in [1.807, 2.05) is 0 Å². The fourth-order valence-corrected chi connectivity index (χ4v) is 1.01. The molecule has 0 spiro atoms. The average Bonchev–Trinajstić information content (AvgIpc) is 2.48. The van der Waals surface area contributed by atoms with Crippen LogP contribution in [0.4, 0.5) is 0 Å². The topological polar surface area (TPSA) is 93.8 Å². The minimum absolute atomic E-state index is 0.127. The molecule has 0 aliphatic rings. The summed E-state index contributed by atoms with van der Waals surface area (Å²) in [7, 11) is 1.63. The van der Waals surface area contributed by atoms with Crippen LogP contribution in [0.15, 0.2) is 6.33 Å². The molecule has 0 atom stereocenters. The van der Waals surface area contributed by atoms with E-state index in [2.05, 4.69) is 20.3 Å². The van der Waals surface area contributed by atoms with Gasteiger partial charge in [-0.2, -0.15) is 0 Å². The maximum Gasteiger partial charge on any atom is 0.357 e. The number of hydrogen-bond donors (Lipinski definition) is 1. The summed E-state index contributed by atoms with van der Waals surface area (Å²) in [6.07, 6.45) is 1.18. The van der Waals surface area contributed by atoms with E-state index in [1.54, 1.807) is 7.05 Å². The molecule has 2 aromatic rings. The van der Waals surface area contributed by atoms with Gasteiger partial charge in [-0.1, -0.05) is 5.21 Å². The van der Waals surface area contributed by atoms with Crippen molar-refractivity contribution in [3.05, 3.63) is 12.0 Å². The van der Waals surface area contributed by atoms with Crippen molar-refractivity contribution in [3.8, 4) is 0 Å². The number of carboxylic acid groups (broad SMARTS) is 1. The highest BCUT2D eigenvalue weighted by atomic mass is 16.4. The standard InChI is InChI=1S/C6H5N5O2/c1-11-5-3(9-10-11)4(6(12)13)7-2-8-5/h2H,1H3,(H,12,13). The van der Waals surface area contributed by atoms with Crippen molar-refractivity contribution in [3.63, 3.8) is 0 Å². The highest BCUT2D eigenvalue weighted by molar-refractivity contribution is 5.97. The molecule has 0 amide bonds. The van der Waals surface area contributed by atoms with E-state index in [4.69, 9.17) is 5.11 Å². The van der Waals surface area contributed by atoms with E-state index in [0.29, 0.717) is 5.65 Å². The number of fused-ring (bicyclic) bond motifs is 1. The van der Waals surface area contributed by atoms with Crippen molar-refractivity contribution in [2.24, 2.45) is 7.05 Å². The van der Waals surface area contributed by atoms with Crippen LogP contribution in [0, 0.1) is 0 Å². The number of aryl methyl sites for hydroxylation is 1. The van der Waals surface area contributed by atoms with E-state index in [-0.39, 0.29) is 11.2 Å². The first kappa shape index (κ1) is 7.59. The van der Waals surface area contributed by atoms with Gasteiger partial charge in [-0.3, -0.25) is 0 Å². The van der Waals surface area contributed by atoms with E-state index >= 15 is 0 Å². The summed E-state index contributed by atoms with van der Waals surface area (Å²) in [4.78, 5) is 18.1. The number of carbonyl (C=O) groups is 1. The molecule has 0 bridgehead atoms. The van der Waals surface area contributed by atoms with Crippen LogP contribution in [0.2, 0.25) is 0 Å². The van der Waals surface area contributed by atoms with Gasteiger partial charge in [0.25, 0.3) is 0 Å². The Morgan fingerprint density at radius 3 is 3.00 bits per heavy atom. The van der Waals surface area contributed by atoms with E-state index in [0.717, 1.165) is 0 Å². The van der Waals surface area contributed by atoms with Gasteiger partial charge in [0.2, 0.25) is 0 Å². The van der Waals surface area contributed by atoms with Crippen molar-refractivity contribution in [2.45, 2.75) is 0 Å². The van der Waals surface area contributed by atoms with Crippen molar-refractivity contribution in [1.82, 2.24) is 25.0 Å². The third-order valence-corrected chi connectivity index (χ3v) is 1.59. The average molecular weight is 179 g/mol. The maximum absolute atomic E-state index is 10.7. The molecular formula is C6H5N5O2. The van der Waals surface area contributed by atoms with Crippen LogP contribution >= 0.6 is 0 Å². The zero-order chi connectivity index (χ0) is 9.42. The van der Waals surface area contributed by atoms with Crippen LogP contribution in [0.3, 0.4) is 0 Å². The summed E-state index contributed by atoms with van der Waals surface area (Å²) < 4.78 is 1.39. The van der Waals surface area contributed by atoms with Gasteiger partial charge in [0, 0.05) is 7.05 Å². The fourth-order valence-electron chi connectivity index (χ4n) is 1.01. The first-order valence-electron chi connectivity index (χ1n) is 3.44. The third kappa shape index (κ3) is 1.01. The molecule has 0 saturated heterocycles. The van der Waals surface area contributed by atoms with Gasteiger partial charge in [0.15, 0.2) is 16.9 Å². The van der Waals surface area contributed by atoms with Gasteiger partial charge < -0.3 is 5.11 Å². The van der Waals surface area contributed by atoms with Crippen molar-refractivity contribution in [1.29, 1.82) is 0 Å². The first-order chi connectivity index (χ1) is 6.20. The SMILES string of the molecule is Cn1nnc2c(C(=O)O)ncnc21. The molecule has 2 aromatic heterocycles. The van der Waals surface area contributed by atoms with Gasteiger partial charge >= 0.3 is 5.97 Å². The Labute approximate surface area is 72.0 Å². The Kier molecular flexibility index (Phi) is 1.44. The fraction of sp³-hybridized carbons (Fsp3) is 0.167. The summed E-state index contributed by atoms with van der Waals surface area (Å²) in [6.45, 7) is 0. The lowest BCUT2D eigenvalue weighted by Crippen LogP contribution is -2.02. The minimum Gasteiger partial charge on any atom is -0.476 e. The number of hydrogen-bond acceptors (Lipinski definition) is 5. The predicted octanol–water partition coefficient (Wildman–Crippen LogP) is -0.544. The molecule has 66 valence electrons. The van der Waals surface area contributed by atoms with Crippen molar-refractivity contribution >= 4 is 17.1 Å². The largest absolute Gasteiger partial charge is 0.476 e. The van der Waals surface area contributed by atoms with E-state index < -0.39 is 5.97 Å². The molecular weight excluding hydrogens is 174 g/mol. The normalized spacial score (nSPS) is 10.5. The lowest BCUT2D eigenvalue weighted by molar-refractivity contribution is 0.0692. The lowest BCUT2D eigenvalue weighted by Gasteiger charge is -1.92. The van der Waals surface area contributed by atoms with Crippen molar-refractivity contribution < 1.29 is 9.90 Å². The summed E-state index contributed by atoms with van der Waals surface area (Å²) in [6, 6.07) is 0. The van der Waals surface area contributed by atoms with Gasteiger partial charge in [-0.15, -0.1) is 5.10 Å². The predicted molar refractivity (Wildman–Crippen MR) is 41.1 cm³/mol. The monoisotopic (exact) mass is 179 g/mol. The Balaban J connectivity index is 2.84. The quantitative estimate of drug-likeness (QED) is 0.631. The van der Waals surface area contributed by atoms with Crippen LogP contribution in [-0.2, 0) is 7.05 Å². The Morgan fingerprint density at radius 1 is 1.54 bits per heavy atom. The molecule has 0 fully saturated rings. The summed E-state index contributed by atoms with van der Waals surface area (Å²) >= 11 is 0. The second kappa shape index (κ2) is 2.47. The van der Waals surface area contributed by atoms with Gasteiger partial charge in [0.1, 0.15) is 6.33 Å². The molecule has 0 aromatic carbocycles. The maximum atomic E-state index is 10.7. The number of aromatic nitrogens is 5. The summed E-state index contributed by atoms with van der Waals surface area (Å²) in [5.41, 5.74) is 0.489. The Morgan fingerprint density at radius 2 is 2.31 bits per heavy atom. The molecule has 7 heteroatoms. The van der Waals surface area contributed by atoms with Gasteiger partial charge in [-0.05, 0) is 0 Å². The smallest absolute Gasteiger partial charge is 0.357 e. The minimum atomic E-state index is -1.13. The zero-order valence-corrected chi connectivity index (χ0v) is 6.67.